The Morgan fingerprint density at radius 2 is 1.21 bits per heavy atom. The number of pyridine rings is 1. The molecular formula is C17H21Cl3N5O2V. The molecule has 0 fully saturated rings. The van der Waals surface area contributed by atoms with Crippen LogP contribution in [-0.4, -0.2) is 68.6 Å². The average Bonchev–Trinajstić information content (AvgIpc) is 3.28. The molecule has 1 aromatic heterocycles. The fourth-order valence-electron chi connectivity index (χ4n) is 2.44. The van der Waals surface area contributed by atoms with Crippen molar-refractivity contribution < 1.29 is 65.3 Å². The van der Waals surface area contributed by atoms with Crippen molar-refractivity contribution >= 4 is 23.1 Å². The zero-order valence-electron chi connectivity index (χ0n) is 15.6. The van der Waals surface area contributed by atoms with Crippen molar-refractivity contribution in [3.63, 3.8) is 0 Å². The number of rotatable bonds is 8. The van der Waals surface area contributed by atoms with Gasteiger partial charge in [0.1, 0.15) is 11.4 Å². The minimum absolute atomic E-state index is 0. The third-order valence-corrected chi connectivity index (χ3v) is 3.75. The molecule has 152 valence electrons. The van der Waals surface area contributed by atoms with Crippen molar-refractivity contribution in [2.75, 3.05) is 40.5 Å². The Morgan fingerprint density at radius 3 is 1.61 bits per heavy atom. The molecule has 2 aliphatic heterocycles. The van der Waals surface area contributed by atoms with Crippen molar-refractivity contribution in [1.82, 2.24) is 4.98 Å². The second-order valence-corrected chi connectivity index (χ2v) is 5.53. The SMILES string of the molecule is COCCC1=NC(c2cccc(C3=NCC(CCOC)=N3)n2)=NC1.[Cl-].[Cl-].[Cl-].[V+3]. The van der Waals surface area contributed by atoms with Crippen LogP contribution < -0.4 is 37.2 Å². The molecule has 0 aliphatic carbocycles. The second-order valence-electron chi connectivity index (χ2n) is 5.53. The molecule has 3 heterocycles. The van der Waals surface area contributed by atoms with E-state index >= 15 is 0 Å². The van der Waals surface area contributed by atoms with Gasteiger partial charge in [-0.15, -0.1) is 0 Å². The smallest absolute Gasteiger partial charge is 1.00 e. The first-order chi connectivity index (χ1) is 11.8. The molecule has 0 spiro atoms. The molecule has 0 saturated heterocycles. The fourth-order valence-corrected chi connectivity index (χ4v) is 2.44. The molecule has 7 nitrogen and oxygen atoms in total. The Morgan fingerprint density at radius 1 is 0.786 bits per heavy atom. The average molecular weight is 485 g/mol. The summed E-state index contributed by atoms with van der Waals surface area (Å²) >= 11 is 0. The molecule has 3 rings (SSSR count). The van der Waals surface area contributed by atoms with E-state index in [9.17, 15) is 0 Å². The van der Waals surface area contributed by atoms with Gasteiger partial charge in [0.2, 0.25) is 0 Å². The van der Waals surface area contributed by atoms with Crippen molar-refractivity contribution in [2.45, 2.75) is 12.8 Å². The third-order valence-electron chi connectivity index (χ3n) is 3.75. The van der Waals surface area contributed by atoms with Gasteiger partial charge in [0.15, 0.2) is 11.7 Å². The first kappa shape index (κ1) is 29.4. The van der Waals surface area contributed by atoms with Gasteiger partial charge in [0, 0.05) is 38.5 Å². The van der Waals surface area contributed by atoms with Crippen LogP contribution in [0.3, 0.4) is 0 Å². The van der Waals surface area contributed by atoms with Gasteiger partial charge in [-0.1, -0.05) is 6.07 Å². The number of amidine groups is 2. The summed E-state index contributed by atoms with van der Waals surface area (Å²) in [6.07, 6.45) is 1.59. The maximum absolute atomic E-state index is 5.08. The predicted octanol–water partition coefficient (Wildman–Crippen LogP) is -7.43. The number of aliphatic imine (C=N–C) groups is 4. The van der Waals surface area contributed by atoms with E-state index in [4.69, 9.17) is 9.47 Å². The minimum atomic E-state index is 0. The minimum Gasteiger partial charge on any atom is -1.00 e. The molecular weight excluding hydrogens is 464 g/mol. The van der Waals surface area contributed by atoms with Gasteiger partial charge in [-0.25, -0.2) is 15.0 Å². The van der Waals surface area contributed by atoms with Crippen molar-refractivity contribution in [2.24, 2.45) is 20.0 Å². The van der Waals surface area contributed by atoms with Crippen LogP contribution >= 0.6 is 0 Å². The van der Waals surface area contributed by atoms with Crippen LogP contribution in [0.5, 0.6) is 0 Å². The molecule has 28 heavy (non-hydrogen) atoms. The van der Waals surface area contributed by atoms with Gasteiger partial charge in [-0.05, 0) is 12.1 Å². The summed E-state index contributed by atoms with van der Waals surface area (Å²) in [6.45, 7) is 2.55. The Hall–Kier alpha value is -0.796. The number of hydrogen-bond donors (Lipinski definition) is 0. The number of nitrogens with zero attached hydrogens (tertiary/aromatic N) is 5. The van der Waals surface area contributed by atoms with Crippen molar-refractivity contribution in [1.29, 1.82) is 0 Å². The van der Waals surface area contributed by atoms with Crippen LogP contribution in [0.15, 0.2) is 38.2 Å². The molecule has 0 amide bonds. The van der Waals surface area contributed by atoms with Crippen LogP contribution in [-0.2, 0) is 28.0 Å². The van der Waals surface area contributed by atoms with Gasteiger partial charge >= 0.3 is 18.6 Å². The molecule has 2 aliphatic rings. The van der Waals surface area contributed by atoms with E-state index in [-0.39, 0.29) is 55.8 Å². The zero-order chi connectivity index (χ0) is 16.8. The monoisotopic (exact) mass is 483 g/mol. The molecule has 0 aromatic carbocycles. The molecule has 0 N–H and O–H groups in total. The van der Waals surface area contributed by atoms with E-state index in [0.29, 0.717) is 38.0 Å². The van der Waals surface area contributed by atoms with Crippen LogP contribution in [0.25, 0.3) is 0 Å². The molecule has 0 atom stereocenters. The summed E-state index contributed by atoms with van der Waals surface area (Å²) in [5.74, 6) is 1.34. The summed E-state index contributed by atoms with van der Waals surface area (Å²) in [5.41, 5.74) is 3.56. The van der Waals surface area contributed by atoms with Crippen LogP contribution in [0.2, 0.25) is 0 Å². The van der Waals surface area contributed by atoms with Crippen LogP contribution in [0.4, 0.5) is 0 Å². The van der Waals surface area contributed by atoms with E-state index in [1.807, 2.05) is 18.2 Å². The topological polar surface area (TPSA) is 80.8 Å². The van der Waals surface area contributed by atoms with E-state index in [0.717, 1.165) is 35.7 Å². The standard InChI is InChI=1S/C17H21N5O2.3ClH.V/c1-23-8-6-12-10-18-16(20-12)14-4-3-5-15(22-14)17-19-11-13(21-17)7-9-24-2;;;;/h3-5H,6-11H2,1-2H3;3*1H;/q;;;;+3/p-3. The Balaban J connectivity index is 0. The molecule has 0 saturated carbocycles. The number of hydrogen-bond acceptors (Lipinski definition) is 7. The normalized spacial score (nSPS) is 14.4. The van der Waals surface area contributed by atoms with Crippen LogP contribution in [0, 0.1) is 0 Å². The first-order valence-corrected chi connectivity index (χ1v) is 7.97. The maximum atomic E-state index is 5.08. The summed E-state index contributed by atoms with van der Waals surface area (Å²) in [7, 11) is 3.37. The number of ether oxygens (including phenoxy) is 2. The molecule has 0 unspecified atom stereocenters. The number of halogens is 3. The van der Waals surface area contributed by atoms with E-state index < -0.39 is 0 Å². The van der Waals surface area contributed by atoms with Gasteiger partial charge in [-0.2, -0.15) is 0 Å². The Kier molecular flexibility index (Phi) is 15.9. The number of aromatic nitrogens is 1. The van der Waals surface area contributed by atoms with Gasteiger partial charge in [0.05, 0.1) is 26.3 Å². The van der Waals surface area contributed by atoms with Gasteiger partial charge in [0.25, 0.3) is 0 Å². The first-order valence-electron chi connectivity index (χ1n) is 7.97. The van der Waals surface area contributed by atoms with Gasteiger partial charge in [-0.3, -0.25) is 9.98 Å². The van der Waals surface area contributed by atoms with E-state index in [1.165, 1.54) is 0 Å². The Labute approximate surface area is 195 Å². The van der Waals surface area contributed by atoms with E-state index in [2.05, 4.69) is 25.0 Å². The van der Waals surface area contributed by atoms with Gasteiger partial charge < -0.3 is 46.7 Å². The van der Waals surface area contributed by atoms with E-state index in [1.54, 1.807) is 14.2 Å². The predicted molar refractivity (Wildman–Crippen MR) is 94.9 cm³/mol. The zero-order valence-corrected chi connectivity index (χ0v) is 19.3. The third kappa shape index (κ3) is 7.91. The second kappa shape index (κ2) is 15.1. The van der Waals surface area contributed by atoms with Crippen LogP contribution in [0.1, 0.15) is 24.2 Å². The fraction of sp³-hybridized carbons (Fsp3) is 0.471. The maximum Gasteiger partial charge on any atom is 3.00 e. The van der Waals surface area contributed by atoms with Crippen molar-refractivity contribution in [3.8, 4) is 0 Å². The summed E-state index contributed by atoms with van der Waals surface area (Å²) in [5, 5.41) is 0. The molecule has 1 aromatic rings. The molecule has 0 radical (unpaired) electrons. The summed E-state index contributed by atoms with van der Waals surface area (Å²) in [6, 6.07) is 5.76. The van der Waals surface area contributed by atoms with Crippen molar-refractivity contribution in [3.05, 3.63) is 29.6 Å². The Bertz CT molecular complexity index is 684. The summed E-state index contributed by atoms with van der Waals surface area (Å²) < 4.78 is 10.2. The molecule has 0 bridgehead atoms. The molecule has 11 heteroatoms. The quantitative estimate of drug-likeness (QED) is 0.368. The number of methoxy groups -OCH3 is 2. The largest absolute Gasteiger partial charge is 3.00 e. The summed E-state index contributed by atoms with van der Waals surface area (Å²) in [4.78, 5) is 22.7.